The SMILES string of the molecule is CC(C(=O)[O-])C1CCC2C3CC=C4N(C)C(=O)CCC4(C)C3CCC12C.[Na+]. The molecule has 4 nitrogen and oxygen atoms in total. The van der Waals surface area contributed by atoms with Crippen LogP contribution in [0.5, 0.6) is 0 Å². The Morgan fingerprint density at radius 3 is 2.59 bits per heavy atom. The predicted molar refractivity (Wildman–Crippen MR) is 97.5 cm³/mol. The number of allylic oxidation sites excluding steroid dienone is 2. The molecule has 3 fully saturated rings. The zero-order chi connectivity index (χ0) is 18.9. The van der Waals surface area contributed by atoms with Crippen LogP contribution in [0.15, 0.2) is 11.8 Å². The minimum absolute atomic E-state index is 0. The number of fused-ring (bicyclic) bond motifs is 5. The summed E-state index contributed by atoms with van der Waals surface area (Å²) in [5.74, 6) is 1.10. The first-order valence-electron chi connectivity index (χ1n) is 10.4. The molecule has 1 heterocycles. The number of carboxylic acids is 1. The monoisotopic (exact) mass is 381 g/mol. The molecule has 5 heteroatoms. The third kappa shape index (κ3) is 2.97. The molecule has 1 aliphatic heterocycles. The third-order valence-corrected chi connectivity index (χ3v) is 9.07. The largest absolute Gasteiger partial charge is 1.00 e. The number of rotatable bonds is 2. The van der Waals surface area contributed by atoms with Crippen molar-refractivity contribution in [3.8, 4) is 0 Å². The zero-order valence-corrected chi connectivity index (χ0v) is 19.6. The van der Waals surface area contributed by atoms with Crippen molar-refractivity contribution in [3.63, 3.8) is 0 Å². The normalized spacial score (nSPS) is 44.4. The van der Waals surface area contributed by atoms with Gasteiger partial charge in [0.2, 0.25) is 5.91 Å². The summed E-state index contributed by atoms with van der Waals surface area (Å²) in [6, 6.07) is 0. The van der Waals surface area contributed by atoms with Gasteiger partial charge in [0.25, 0.3) is 0 Å². The summed E-state index contributed by atoms with van der Waals surface area (Å²) in [5.41, 5.74) is 1.47. The molecule has 7 atom stereocenters. The molecule has 0 aromatic heterocycles. The van der Waals surface area contributed by atoms with E-state index in [0.29, 0.717) is 24.2 Å². The van der Waals surface area contributed by atoms with Gasteiger partial charge >= 0.3 is 29.6 Å². The Bertz CT molecular complexity index is 676. The van der Waals surface area contributed by atoms with Gasteiger partial charge in [-0.15, -0.1) is 0 Å². The van der Waals surface area contributed by atoms with E-state index in [9.17, 15) is 14.7 Å². The summed E-state index contributed by atoms with van der Waals surface area (Å²) in [6.07, 6.45) is 9.43. The Kier molecular flexibility index (Phi) is 5.69. The van der Waals surface area contributed by atoms with Crippen molar-refractivity contribution in [3.05, 3.63) is 11.8 Å². The molecule has 0 aromatic rings. The minimum atomic E-state index is -0.885. The molecular formula is C22H32NNaO3. The summed E-state index contributed by atoms with van der Waals surface area (Å²) in [6.45, 7) is 6.57. The van der Waals surface area contributed by atoms with E-state index in [-0.39, 0.29) is 58.1 Å². The molecule has 7 unspecified atom stereocenters. The first-order valence-corrected chi connectivity index (χ1v) is 10.4. The standard InChI is InChI=1S/C22H33NO3.Na/c1-13(20(25)26)15-6-7-16-14-5-8-18-22(3,12-10-19(24)23(18)4)17(14)9-11-21(15,16)2;/h8,13-17H,5-7,9-12H2,1-4H3,(H,25,26);/q;+1/p-1. The van der Waals surface area contributed by atoms with E-state index in [0.717, 1.165) is 38.5 Å². The van der Waals surface area contributed by atoms with Gasteiger partial charge in [-0.2, -0.15) is 0 Å². The van der Waals surface area contributed by atoms with Crippen LogP contribution in [0.3, 0.4) is 0 Å². The molecular weight excluding hydrogens is 349 g/mol. The number of amides is 1. The summed E-state index contributed by atoms with van der Waals surface area (Å²) in [7, 11) is 1.94. The van der Waals surface area contributed by atoms with Gasteiger partial charge in [0.05, 0.1) is 0 Å². The van der Waals surface area contributed by atoms with Crippen molar-refractivity contribution in [1.29, 1.82) is 0 Å². The number of likely N-dealkylation sites (tertiary alicyclic amines) is 1. The van der Waals surface area contributed by atoms with Crippen LogP contribution >= 0.6 is 0 Å². The fourth-order valence-electron chi connectivity index (χ4n) is 7.61. The first-order chi connectivity index (χ1) is 12.2. The van der Waals surface area contributed by atoms with Crippen LogP contribution in [0.2, 0.25) is 0 Å². The average Bonchev–Trinajstić information content (AvgIpc) is 2.95. The topological polar surface area (TPSA) is 60.4 Å². The molecule has 0 N–H and O–H groups in total. The van der Waals surface area contributed by atoms with Crippen LogP contribution in [-0.4, -0.2) is 23.8 Å². The maximum Gasteiger partial charge on any atom is 1.00 e. The van der Waals surface area contributed by atoms with Crippen LogP contribution in [0.4, 0.5) is 0 Å². The number of hydrogen-bond acceptors (Lipinski definition) is 3. The summed E-state index contributed by atoms with van der Waals surface area (Å²) in [4.78, 5) is 25.6. The van der Waals surface area contributed by atoms with E-state index in [4.69, 9.17) is 0 Å². The molecule has 0 aromatic carbocycles. The van der Waals surface area contributed by atoms with Gasteiger partial charge in [0, 0.05) is 30.5 Å². The van der Waals surface area contributed by atoms with Gasteiger partial charge in [-0.05, 0) is 73.5 Å². The molecule has 0 spiro atoms. The van der Waals surface area contributed by atoms with E-state index in [1.807, 2.05) is 18.9 Å². The van der Waals surface area contributed by atoms with Crippen molar-refractivity contribution < 1.29 is 44.3 Å². The van der Waals surface area contributed by atoms with E-state index in [1.54, 1.807) is 0 Å². The Morgan fingerprint density at radius 2 is 1.93 bits per heavy atom. The zero-order valence-electron chi connectivity index (χ0n) is 17.6. The van der Waals surface area contributed by atoms with Crippen LogP contribution in [0.1, 0.15) is 65.7 Å². The number of carbonyl (C=O) groups excluding carboxylic acids is 2. The molecule has 27 heavy (non-hydrogen) atoms. The second kappa shape index (κ2) is 7.18. The Balaban J connectivity index is 0.00000210. The molecule has 0 radical (unpaired) electrons. The van der Waals surface area contributed by atoms with Gasteiger partial charge in [-0.25, -0.2) is 0 Å². The molecule has 0 bridgehead atoms. The van der Waals surface area contributed by atoms with Gasteiger partial charge in [0.15, 0.2) is 0 Å². The predicted octanol–water partition coefficient (Wildman–Crippen LogP) is -0.0188. The molecule has 1 saturated heterocycles. The second-order valence-corrected chi connectivity index (χ2v) is 9.91. The summed E-state index contributed by atoms with van der Waals surface area (Å²) < 4.78 is 0. The quantitative estimate of drug-likeness (QED) is 0.632. The first kappa shape index (κ1) is 21.4. The molecule has 4 rings (SSSR count). The van der Waals surface area contributed by atoms with Crippen LogP contribution < -0.4 is 34.7 Å². The average molecular weight is 381 g/mol. The maximum atomic E-state index is 12.2. The van der Waals surface area contributed by atoms with Crippen LogP contribution in [0.25, 0.3) is 0 Å². The van der Waals surface area contributed by atoms with Gasteiger partial charge in [-0.3, -0.25) is 4.79 Å². The molecule has 2 saturated carbocycles. The van der Waals surface area contributed by atoms with E-state index in [2.05, 4.69) is 19.9 Å². The van der Waals surface area contributed by atoms with Crippen molar-refractivity contribution in [2.24, 2.45) is 40.4 Å². The number of piperidine rings is 1. The molecule has 3 aliphatic carbocycles. The minimum Gasteiger partial charge on any atom is -0.550 e. The maximum absolute atomic E-state index is 12.2. The smallest absolute Gasteiger partial charge is 0.550 e. The van der Waals surface area contributed by atoms with Gasteiger partial charge in [0.1, 0.15) is 0 Å². The van der Waals surface area contributed by atoms with E-state index >= 15 is 0 Å². The van der Waals surface area contributed by atoms with Gasteiger partial charge in [-0.1, -0.05) is 26.8 Å². The number of carboxylic acid groups (broad SMARTS) is 1. The number of hydrogen-bond donors (Lipinski definition) is 0. The summed E-state index contributed by atoms with van der Waals surface area (Å²) in [5, 5.41) is 11.5. The number of aliphatic carboxylic acids is 1. The summed E-state index contributed by atoms with van der Waals surface area (Å²) >= 11 is 0. The molecule has 4 aliphatic rings. The van der Waals surface area contributed by atoms with Crippen molar-refractivity contribution in [1.82, 2.24) is 4.90 Å². The van der Waals surface area contributed by atoms with Crippen molar-refractivity contribution >= 4 is 11.9 Å². The molecule has 1 amide bonds. The Labute approximate surface area is 185 Å². The van der Waals surface area contributed by atoms with Crippen molar-refractivity contribution in [2.45, 2.75) is 65.7 Å². The number of nitrogens with zero attached hydrogens (tertiary/aromatic N) is 1. The fraction of sp³-hybridized carbons (Fsp3) is 0.818. The van der Waals surface area contributed by atoms with Gasteiger partial charge < -0.3 is 14.8 Å². The van der Waals surface area contributed by atoms with E-state index in [1.165, 1.54) is 5.70 Å². The third-order valence-electron chi connectivity index (χ3n) is 9.07. The fourth-order valence-corrected chi connectivity index (χ4v) is 7.61. The Morgan fingerprint density at radius 1 is 1.22 bits per heavy atom. The number of carbonyl (C=O) groups is 2. The molecule has 144 valence electrons. The Hall–Kier alpha value is -0.320. The second-order valence-electron chi connectivity index (χ2n) is 9.91. The van der Waals surface area contributed by atoms with Crippen LogP contribution in [-0.2, 0) is 9.59 Å². The van der Waals surface area contributed by atoms with Crippen LogP contribution in [0, 0.1) is 40.4 Å². The van der Waals surface area contributed by atoms with Crippen molar-refractivity contribution in [2.75, 3.05) is 7.05 Å². The van der Waals surface area contributed by atoms with E-state index < -0.39 is 5.97 Å².